The first-order chi connectivity index (χ1) is 16.9. The molecule has 1 amide bonds. The number of para-hydroxylation sites is 3. The van der Waals surface area contributed by atoms with Gasteiger partial charge in [0.1, 0.15) is 16.5 Å². The number of rotatable bonds is 8. The summed E-state index contributed by atoms with van der Waals surface area (Å²) in [6.07, 6.45) is 0. The van der Waals surface area contributed by atoms with Crippen molar-refractivity contribution in [1.82, 2.24) is 9.78 Å². The third-order valence-corrected chi connectivity index (χ3v) is 5.78. The molecule has 180 valence electrons. The number of amides is 1. The minimum Gasteiger partial charge on any atom is -0.493 e. The average molecular weight is 498 g/mol. The number of aromatic nitrogens is 2. The molecule has 0 radical (unpaired) electrons. The summed E-state index contributed by atoms with van der Waals surface area (Å²) in [6.45, 7) is 1.34. The molecular formula is C24H20FN3O6S. The van der Waals surface area contributed by atoms with Gasteiger partial charge in [-0.3, -0.25) is 9.59 Å². The van der Waals surface area contributed by atoms with Crippen LogP contribution >= 0.6 is 11.3 Å². The first-order valence-corrected chi connectivity index (χ1v) is 11.3. The van der Waals surface area contributed by atoms with Gasteiger partial charge in [0.25, 0.3) is 11.5 Å². The number of carbonyl (C=O) groups is 2. The Bertz CT molecular complexity index is 1470. The van der Waals surface area contributed by atoms with Crippen LogP contribution in [0.2, 0.25) is 0 Å². The smallest absolute Gasteiger partial charge is 0.359 e. The zero-order chi connectivity index (χ0) is 24.9. The molecule has 0 aliphatic rings. The predicted molar refractivity (Wildman–Crippen MR) is 128 cm³/mol. The van der Waals surface area contributed by atoms with Gasteiger partial charge in [-0.15, -0.1) is 11.3 Å². The lowest BCUT2D eigenvalue weighted by Crippen LogP contribution is -2.27. The van der Waals surface area contributed by atoms with E-state index in [1.807, 2.05) is 0 Å². The average Bonchev–Trinajstić information content (AvgIpc) is 3.28. The van der Waals surface area contributed by atoms with Gasteiger partial charge < -0.3 is 19.5 Å². The zero-order valence-corrected chi connectivity index (χ0v) is 19.6. The third-order valence-electron chi connectivity index (χ3n) is 4.88. The lowest BCUT2D eigenvalue weighted by Gasteiger charge is -2.11. The molecule has 0 saturated heterocycles. The van der Waals surface area contributed by atoms with Crippen LogP contribution in [-0.4, -0.2) is 42.0 Å². The predicted octanol–water partition coefficient (Wildman–Crippen LogP) is 3.79. The van der Waals surface area contributed by atoms with E-state index in [0.717, 1.165) is 16.0 Å². The molecule has 2 heterocycles. The Morgan fingerprint density at radius 2 is 1.83 bits per heavy atom. The van der Waals surface area contributed by atoms with Crippen molar-refractivity contribution in [3.05, 3.63) is 75.8 Å². The van der Waals surface area contributed by atoms with Crippen LogP contribution < -0.4 is 20.3 Å². The molecule has 9 nitrogen and oxygen atoms in total. The van der Waals surface area contributed by atoms with Crippen LogP contribution in [0.15, 0.2) is 58.7 Å². The molecule has 0 atom stereocenters. The Balaban J connectivity index is 1.72. The second kappa shape index (κ2) is 10.3. The van der Waals surface area contributed by atoms with Gasteiger partial charge in [0, 0.05) is 10.8 Å². The molecule has 0 bridgehead atoms. The Morgan fingerprint density at radius 3 is 2.54 bits per heavy atom. The first-order valence-electron chi connectivity index (χ1n) is 10.5. The first kappa shape index (κ1) is 23.9. The fourth-order valence-electron chi connectivity index (χ4n) is 3.32. The fourth-order valence-corrected chi connectivity index (χ4v) is 4.28. The molecule has 0 aliphatic heterocycles. The molecule has 4 aromatic rings. The molecule has 0 spiro atoms. The summed E-state index contributed by atoms with van der Waals surface area (Å²) >= 11 is 1.03. The van der Waals surface area contributed by atoms with E-state index in [9.17, 15) is 18.8 Å². The van der Waals surface area contributed by atoms with E-state index >= 15 is 0 Å². The van der Waals surface area contributed by atoms with E-state index in [0.29, 0.717) is 11.5 Å². The fraction of sp³-hybridized carbons (Fsp3) is 0.167. The number of carbonyl (C=O) groups excluding carboxylic acids is 2. The van der Waals surface area contributed by atoms with Gasteiger partial charge in [-0.25, -0.2) is 9.18 Å². The van der Waals surface area contributed by atoms with Crippen LogP contribution in [0.3, 0.4) is 0 Å². The molecule has 1 N–H and O–H groups in total. The summed E-state index contributed by atoms with van der Waals surface area (Å²) in [5, 5.41) is 8.58. The number of nitrogens with zero attached hydrogens (tertiary/aromatic N) is 2. The number of anilines is 1. The molecule has 2 aromatic carbocycles. The van der Waals surface area contributed by atoms with Gasteiger partial charge in [-0.1, -0.05) is 24.3 Å². The van der Waals surface area contributed by atoms with Crippen LogP contribution in [-0.2, 0) is 9.53 Å². The Hall–Kier alpha value is -4.25. The molecule has 11 heteroatoms. The van der Waals surface area contributed by atoms with Crippen LogP contribution in [0, 0.1) is 5.82 Å². The number of methoxy groups -OCH3 is 1. The van der Waals surface area contributed by atoms with Gasteiger partial charge in [0.05, 0.1) is 19.1 Å². The topological polar surface area (TPSA) is 109 Å². The minimum absolute atomic E-state index is 0.00180. The maximum absolute atomic E-state index is 14.5. The maximum atomic E-state index is 14.5. The quantitative estimate of drug-likeness (QED) is 0.369. The number of benzene rings is 2. The maximum Gasteiger partial charge on any atom is 0.359 e. The monoisotopic (exact) mass is 497 g/mol. The van der Waals surface area contributed by atoms with Crippen molar-refractivity contribution in [2.45, 2.75) is 6.92 Å². The molecule has 4 rings (SSSR count). The zero-order valence-electron chi connectivity index (χ0n) is 18.7. The minimum atomic E-state index is -0.780. The molecule has 35 heavy (non-hydrogen) atoms. The summed E-state index contributed by atoms with van der Waals surface area (Å²) in [5.74, 6) is -1.21. The highest BCUT2D eigenvalue weighted by Crippen LogP contribution is 2.31. The van der Waals surface area contributed by atoms with Crippen molar-refractivity contribution in [3.63, 3.8) is 0 Å². The van der Waals surface area contributed by atoms with Crippen molar-refractivity contribution in [1.29, 1.82) is 0 Å². The van der Waals surface area contributed by atoms with Crippen molar-refractivity contribution >= 4 is 39.0 Å². The number of esters is 1. The number of fused-ring (bicyclic) bond motifs is 1. The van der Waals surface area contributed by atoms with Gasteiger partial charge in [0.15, 0.2) is 23.8 Å². The van der Waals surface area contributed by atoms with Crippen LogP contribution in [0.5, 0.6) is 11.5 Å². The van der Waals surface area contributed by atoms with E-state index in [2.05, 4.69) is 10.4 Å². The summed E-state index contributed by atoms with van der Waals surface area (Å²) in [5.41, 5.74) is -1.03. The van der Waals surface area contributed by atoms with Crippen LogP contribution in [0.4, 0.5) is 9.39 Å². The molecule has 2 aromatic heterocycles. The normalized spacial score (nSPS) is 10.7. The molecule has 0 saturated carbocycles. The second-order valence-corrected chi connectivity index (χ2v) is 7.96. The molecular weight excluding hydrogens is 477 g/mol. The number of ether oxygens (including phenoxy) is 3. The highest BCUT2D eigenvalue weighted by atomic mass is 32.1. The summed E-state index contributed by atoms with van der Waals surface area (Å²) in [6, 6.07) is 12.4. The van der Waals surface area contributed by atoms with E-state index in [4.69, 9.17) is 14.2 Å². The second-order valence-electron chi connectivity index (χ2n) is 7.08. The van der Waals surface area contributed by atoms with Gasteiger partial charge in [-0.05, 0) is 31.2 Å². The van der Waals surface area contributed by atoms with Crippen molar-refractivity contribution in [3.8, 4) is 17.2 Å². The molecule has 0 aliphatic carbocycles. The number of hydrogen-bond acceptors (Lipinski definition) is 8. The van der Waals surface area contributed by atoms with Crippen molar-refractivity contribution < 1.29 is 28.2 Å². The van der Waals surface area contributed by atoms with Gasteiger partial charge in [-0.2, -0.15) is 9.78 Å². The molecule has 0 unspecified atom stereocenters. The van der Waals surface area contributed by atoms with Gasteiger partial charge in [0.2, 0.25) is 0 Å². The van der Waals surface area contributed by atoms with E-state index in [1.165, 1.54) is 36.8 Å². The lowest BCUT2D eigenvalue weighted by atomic mass is 10.2. The van der Waals surface area contributed by atoms with E-state index < -0.39 is 23.3 Å². The summed E-state index contributed by atoms with van der Waals surface area (Å²) in [7, 11) is 1.48. The Morgan fingerprint density at radius 1 is 1.11 bits per heavy atom. The number of nitrogens with one attached hydrogen (secondary N) is 1. The van der Waals surface area contributed by atoms with Crippen molar-refractivity contribution in [2.24, 2.45) is 0 Å². The number of thiophene rings is 1. The summed E-state index contributed by atoms with van der Waals surface area (Å²) < 4.78 is 31.1. The largest absolute Gasteiger partial charge is 0.493 e. The SMILES string of the molecule is CCOC(=O)c1nn(-c2ccccc2F)c(=O)c2c(NC(=O)COc3ccccc3OC)scc12. The third kappa shape index (κ3) is 4.85. The van der Waals surface area contributed by atoms with Crippen LogP contribution in [0.1, 0.15) is 17.4 Å². The highest BCUT2D eigenvalue weighted by molar-refractivity contribution is 7.16. The van der Waals surface area contributed by atoms with Crippen molar-refractivity contribution in [2.75, 3.05) is 25.6 Å². The number of hydrogen-bond donors (Lipinski definition) is 1. The van der Waals surface area contributed by atoms with Gasteiger partial charge >= 0.3 is 5.97 Å². The summed E-state index contributed by atoms with van der Waals surface area (Å²) in [4.78, 5) is 38.5. The van der Waals surface area contributed by atoms with E-state index in [-0.39, 0.29) is 40.4 Å². The van der Waals surface area contributed by atoms with E-state index in [1.54, 1.807) is 31.2 Å². The van der Waals surface area contributed by atoms with Crippen LogP contribution in [0.25, 0.3) is 16.5 Å². The standard InChI is InChI=1S/C24H20FN3O6S/c1-3-33-24(31)21-14-13-35-22(26-19(29)12-34-18-11-7-6-10-17(18)32-2)20(14)23(30)28(27-21)16-9-5-4-8-15(16)25/h4-11,13H,3,12H2,1-2H3,(H,26,29). The lowest BCUT2D eigenvalue weighted by molar-refractivity contribution is -0.118. The Kier molecular flexibility index (Phi) is 7.06. The highest BCUT2D eigenvalue weighted by Gasteiger charge is 2.24. The Labute approximate surface area is 202 Å². The molecule has 0 fully saturated rings. The number of halogens is 1.